The van der Waals surface area contributed by atoms with E-state index in [4.69, 9.17) is 0 Å². The molecule has 18 heavy (non-hydrogen) atoms. The molecule has 0 bridgehead atoms. The van der Waals surface area contributed by atoms with Gasteiger partial charge in [0.1, 0.15) is 11.6 Å². The number of hydrogen-bond acceptors (Lipinski definition) is 1. The summed E-state index contributed by atoms with van der Waals surface area (Å²) in [7, 11) is 1.76. The summed E-state index contributed by atoms with van der Waals surface area (Å²) in [5.74, 6) is -0.620. The van der Waals surface area contributed by atoms with Gasteiger partial charge in [-0.3, -0.25) is 0 Å². The van der Waals surface area contributed by atoms with Crippen LogP contribution in [-0.2, 0) is 0 Å². The maximum Gasteiger partial charge on any atom is 0.123 e. The minimum Gasteiger partial charge on any atom is -0.309 e. The molecule has 0 fully saturated rings. The lowest BCUT2D eigenvalue weighted by Gasteiger charge is -2.18. The standard InChI is InChI=1S/C14H12BrF2N/c1-18-14(9-3-2-4-10(16)7-9)12-8-11(17)5-6-13(12)15/h2-8,14,18H,1H3. The lowest BCUT2D eigenvalue weighted by atomic mass is 9.99. The summed E-state index contributed by atoms with van der Waals surface area (Å²) >= 11 is 3.39. The van der Waals surface area contributed by atoms with Gasteiger partial charge in [-0.2, -0.15) is 0 Å². The van der Waals surface area contributed by atoms with Crippen LogP contribution in [0.3, 0.4) is 0 Å². The van der Waals surface area contributed by atoms with Crippen LogP contribution in [0.1, 0.15) is 17.2 Å². The molecule has 2 aromatic rings. The summed E-state index contributed by atoms with van der Waals surface area (Å²) in [5, 5.41) is 3.07. The maximum absolute atomic E-state index is 13.3. The number of rotatable bonds is 3. The molecular weight excluding hydrogens is 300 g/mol. The van der Waals surface area contributed by atoms with E-state index in [1.54, 1.807) is 19.2 Å². The fraction of sp³-hybridized carbons (Fsp3) is 0.143. The Hall–Kier alpha value is -1.26. The molecular formula is C14H12BrF2N. The highest BCUT2D eigenvalue weighted by Crippen LogP contribution is 2.29. The van der Waals surface area contributed by atoms with Gasteiger partial charge in [0.25, 0.3) is 0 Å². The van der Waals surface area contributed by atoms with E-state index in [1.807, 2.05) is 6.07 Å². The lowest BCUT2D eigenvalue weighted by Crippen LogP contribution is -2.18. The Kier molecular flexibility index (Phi) is 4.09. The Morgan fingerprint density at radius 2 is 1.78 bits per heavy atom. The van der Waals surface area contributed by atoms with Crippen LogP contribution in [0.15, 0.2) is 46.9 Å². The topological polar surface area (TPSA) is 12.0 Å². The molecule has 94 valence electrons. The predicted octanol–water partition coefficient (Wildman–Crippen LogP) is 4.04. The van der Waals surface area contributed by atoms with Crippen LogP contribution in [0.5, 0.6) is 0 Å². The molecule has 0 spiro atoms. The van der Waals surface area contributed by atoms with Gasteiger partial charge in [-0.05, 0) is 48.5 Å². The summed E-state index contributed by atoms with van der Waals surface area (Å²) in [6.07, 6.45) is 0. The second-order valence-electron chi connectivity index (χ2n) is 3.94. The van der Waals surface area contributed by atoms with E-state index in [2.05, 4.69) is 21.2 Å². The Balaban J connectivity index is 2.48. The molecule has 1 unspecified atom stereocenters. The largest absolute Gasteiger partial charge is 0.309 e. The van der Waals surface area contributed by atoms with Crippen LogP contribution >= 0.6 is 15.9 Å². The van der Waals surface area contributed by atoms with Gasteiger partial charge in [-0.15, -0.1) is 0 Å². The number of hydrogen-bond donors (Lipinski definition) is 1. The van der Waals surface area contributed by atoms with Crippen molar-refractivity contribution in [3.8, 4) is 0 Å². The molecule has 0 aliphatic rings. The van der Waals surface area contributed by atoms with E-state index in [-0.39, 0.29) is 17.7 Å². The van der Waals surface area contributed by atoms with E-state index >= 15 is 0 Å². The summed E-state index contributed by atoms with van der Waals surface area (Å²) in [4.78, 5) is 0. The Bertz CT molecular complexity index is 557. The quantitative estimate of drug-likeness (QED) is 0.902. The second kappa shape index (κ2) is 5.59. The van der Waals surface area contributed by atoms with Crippen molar-refractivity contribution >= 4 is 15.9 Å². The summed E-state index contributed by atoms with van der Waals surface area (Å²) in [5.41, 5.74) is 1.49. The van der Waals surface area contributed by atoms with Crippen LogP contribution in [0.2, 0.25) is 0 Å². The molecule has 1 nitrogen and oxygen atoms in total. The van der Waals surface area contributed by atoms with Crippen LogP contribution < -0.4 is 5.32 Å². The first kappa shape index (κ1) is 13.2. The Morgan fingerprint density at radius 3 is 2.44 bits per heavy atom. The third-order valence-corrected chi connectivity index (χ3v) is 3.46. The maximum atomic E-state index is 13.3. The van der Waals surface area contributed by atoms with Crippen LogP contribution in [-0.4, -0.2) is 7.05 Å². The zero-order valence-corrected chi connectivity index (χ0v) is 11.3. The third-order valence-electron chi connectivity index (χ3n) is 2.74. The van der Waals surface area contributed by atoms with Crippen molar-refractivity contribution in [2.45, 2.75) is 6.04 Å². The normalized spacial score (nSPS) is 12.4. The van der Waals surface area contributed by atoms with Gasteiger partial charge < -0.3 is 5.32 Å². The first-order valence-electron chi connectivity index (χ1n) is 5.49. The number of benzene rings is 2. The van der Waals surface area contributed by atoms with Gasteiger partial charge in [-0.25, -0.2) is 8.78 Å². The zero-order chi connectivity index (χ0) is 13.1. The van der Waals surface area contributed by atoms with Crippen molar-refractivity contribution in [1.29, 1.82) is 0 Å². The predicted molar refractivity (Wildman–Crippen MR) is 71.4 cm³/mol. The minimum atomic E-state index is -0.315. The van der Waals surface area contributed by atoms with E-state index in [1.165, 1.54) is 24.3 Å². The zero-order valence-electron chi connectivity index (χ0n) is 9.75. The van der Waals surface area contributed by atoms with Crippen molar-refractivity contribution in [3.63, 3.8) is 0 Å². The molecule has 1 atom stereocenters. The number of halogens is 3. The van der Waals surface area contributed by atoms with Gasteiger partial charge in [0.05, 0.1) is 6.04 Å². The van der Waals surface area contributed by atoms with Gasteiger partial charge >= 0.3 is 0 Å². The van der Waals surface area contributed by atoms with Gasteiger partial charge in [-0.1, -0.05) is 28.1 Å². The summed E-state index contributed by atoms with van der Waals surface area (Å²) in [6, 6.07) is 10.5. The molecule has 0 heterocycles. The molecule has 1 N–H and O–H groups in total. The molecule has 0 aromatic heterocycles. The first-order valence-corrected chi connectivity index (χ1v) is 6.29. The average molecular weight is 312 g/mol. The summed E-state index contributed by atoms with van der Waals surface area (Å²) in [6.45, 7) is 0. The number of nitrogens with one attached hydrogen (secondary N) is 1. The van der Waals surface area contributed by atoms with Gasteiger partial charge in [0.2, 0.25) is 0 Å². The highest BCUT2D eigenvalue weighted by Gasteiger charge is 2.16. The molecule has 4 heteroatoms. The molecule has 2 aromatic carbocycles. The molecule has 0 radical (unpaired) electrons. The molecule has 0 saturated carbocycles. The molecule has 0 aliphatic heterocycles. The van der Waals surface area contributed by atoms with Crippen LogP contribution in [0, 0.1) is 11.6 Å². The molecule has 0 aliphatic carbocycles. The van der Waals surface area contributed by atoms with Gasteiger partial charge in [0, 0.05) is 4.47 Å². The Morgan fingerprint density at radius 1 is 1.06 bits per heavy atom. The van der Waals surface area contributed by atoms with Crippen LogP contribution in [0.25, 0.3) is 0 Å². The van der Waals surface area contributed by atoms with Crippen molar-refractivity contribution in [2.24, 2.45) is 0 Å². The smallest absolute Gasteiger partial charge is 0.123 e. The molecule has 2 rings (SSSR count). The van der Waals surface area contributed by atoms with Crippen molar-refractivity contribution in [1.82, 2.24) is 5.32 Å². The minimum absolute atomic E-state index is 0.259. The van der Waals surface area contributed by atoms with Gasteiger partial charge in [0.15, 0.2) is 0 Å². The highest BCUT2D eigenvalue weighted by atomic mass is 79.9. The van der Waals surface area contributed by atoms with E-state index in [9.17, 15) is 8.78 Å². The fourth-order valence-electron chi connectivity index (χ4n) is 1.92. The van der Waals surface area contributed by atoms with Crippen molar-refractivity contribution < 1.29 is 8.78 Å². The van der Waals surface area contributed by atoms with Crippen molar-refractivity contribution in [2.75, 3.05) is 7.05 Å². The monoisotopic (exact) mass is 311 g/mol. The third kappa shape index (κ3) is 2.76. The lowest BCUT2D eigenvalue weighted by molar-refractivity contribution is 0.607. The van der Waals surface area contributed by atoms with E-state index in [0.29, 0.717) is 0 Å². The van der Waals surface area contributed by atoms with Crippen molar-refractivity contribution in [3.05, 3.63) is 69.7 Å². The van der Waals surface area contributed by atoms with E-state index in [0.717, 1.165) is 15.6 Å². The van der Waals surface area contributed by atoms with E-state index < -0.39 is 0 Å². The molecule has 0 amide bonds. The Labute approximate surface area is 113 Å². The fourth-order valence-corrected chi connectivity index (χ4v) is 2.40. The second-order valence-corrected chi connectivity index (χ2v) is 4.80. The summed E-state index contributed by atoms with van der Waals surface area (Å²) < 4.78 is 27.3. The molecule has 0 saturated heterocycles. The first-order chi connectivity index (χ1) is 8.61. The SMILES string of the molecule is CNC(c1cccc(F)c1)c1cc(F)ccc1Br. The average Bonchev–Trinajstić information content (AvgIpc) is 2.35. The highest BCUT2D eigenvalue weighted by molar-refractivity contribution is 9.10. The van der Waals surface area contributed by atoms with Crippen LogP contribution in [0.4, 0.5) is 8.78 Å².